The number of aryl methyl sites for hydroxylation is 2. The smallest absolute Gasteiger partial charge is 0.293 e. The molecule has 1 N–H and O–H groups in total. The molecular weight excluding hydrogens is 494 g/mol. The molecule has 0 saturated carbocycles. The van der Waals surface area contributed by atoms with Gasteiger partial charge >= 0.3 is 0 Å². The van der Waals surface area contributed by atoms with Crippen LogP contribution >= 0.6 is 23.1 Å². The van der Waals surface area contributed by atoms with Crippen molar-refractivity contribution in [3.05, 3.63) is 87.0 Å². The van der Waals surface area contributed by atoms with Crippen LogP contribution in [-0.4, -0.2) is 49.8 Å². The molecule has 1 aliphatic rings. The fraction of sp³-hybridized carbons (Fsp3) is 0.192. The summed E-state index contributed by atoms with van der Waals surface area (Å²) >= 11 is 2.27. The van der Waals surface area contributed by atoms with Crippen LogP contribution < -0.4 is 5.32 Å². The van der Waals surface area contributed by atoms with E-state index < -0.39 is 0 Å². The molecule has 0 spiro atoms. The highest BCUT2D eigenvalue weighted by atomic mass is 32.2. The first kappa shape index (κ1) is 24.0. The summed E-state index contributed by atoms with van der Waals surface area (Å²) in [6, 6.07) is 13.7. The van der Waals surface area contributed by atoms with Crippen LogP contribution in [0.15, 0.2) is 59.8 Å². The summed E-state index contributed by atoms with van der Waals surface area (Å²) < 4.78 is 1.92. The Balaban J connectivity index is 1.22. The second-order valence-corrected chi connectivity index (χ2v) is 10.5. The Morgan fingerprint density at radius 3 is 2.69 bits per heavy atom. The molecule has 0 bridgehead atoms. The number of thioether (sulfide) groups is 1. The lowest BCUT2D eigenvalue weighted by Gasteiger charge is -2.12. The van der Waals surface area contributed by atoms with Crippen molar-refractivity contribution in [3.8, 4) is 0 Å². The Hall–Kier alpha value is -3.76. The number of thiophene rings is 1. The average molecular weight is 518 g/mol. The maximum absolute atomic E-state index is 12.8. The van der Waals surface area contributed by atoms with Gasteiger partial charge in [-0.05, 0) is 54.9 Å². The van der Waals surface area contributed by atoms with E-state index in [-0.39, 0.29) is 30.1 Å². The van der Waals surface area contributed by atoms with Gasteiger partial charge in [0.25, 0.3) is 17.1 Å². The number of hydrogen-bond acceptors (Lipinski definition) is 7. The van der Waals surface area contributed by atoms with Gasteiger partial charge in [0.1, 0.15) is 4.83 Å². The average Bonchev–Trinajstić information content (AvgIpc) is 3.51. The molecule has 1 fully saturated rings. The van der Waals surface area contributed by atoms with E-state index >= 15 is 0 Å². The van der Waals surface area contributed by atoms with E-state index in [2.05, 4.69) is 46.6 Å². The molecule has 5 rings (SSSR count). The molecule has 8 nitrogen and oxygen atoms in total. The van der Waals surface area contributed by atoms with Crippen molar-refractivity contribution in [2.24, 2.45) is 0 Å². The summed E-state index contributed by atoms with van der Waals surface area (Å²) in [6.45, 7) is 4.88. The number of fused-ring (bicyclic) bond motifs is 1. The fourth-order valence-corrected chi connectivity index (χ4v) is 5.81. The van der Waals surface area contributed by atoms with Crippen molar-refractivity contribution >= 4 is 56.4 Å². The predicted molar refractivity (Wildman–Crippen MR) is 142 cm³/mol. The van der Waals surface area contributed by atoms with Crippen LogP contribution in [-0.2, 0) is 11.3 Å². The quantitative estimate of drug-likeness (QED) is 0.359. The van der Waals surface area contributed by atoms with Gasteiger partial charge < -0.3 is 5.32 Å². The number of carbonyl (C=O) groups is 3. The minimum Gasteiger partial charge on any atom is -0.350 e. The summed E-state index contributed by atoms with van der Waals surface area (Å²) in [4.78, 5) is 44.9. The SMILES string of the molecule is Cc1ccc(Cn2nc(C)c3cc(C(=O)NCCN4C(=O)S/C(=C\c5cccnc5)C4=O)sc32)cc1. The van der Waals surface area contributed by atoms with E-state index in [1.807, 2.05) is 23.7 Å². The molecule has 0 atom stereocenters. The van der Waals surface area contributed by atoms with Gasteiger partial charge in [0.2, 0.25) is 0 Å². The van der Waals surface area contributed by atoms with Crippen LogP contribution in [0.25, 0.3) is 16.3 Å². The summed E-state index contributed by atoms with van der Waals surface area (Å²) in [5.41, 5.74) is 3.95. The number of nitrogens with one attached hydrogen (secondary N) is 1. The molecule has 1 saturated heterocycles. The summed E-state index contributed by atoms with van der Waals surface area (Å²) in [6.07, 6.45) is 4.92. The maximum Gasteiger partial charge on any atom is 0.293 e. The van der Waals surface area contributed by atoms with Crippen molar-refractivity contribution < 1.29 is 14.4 Å². The zero-order chi connectivity index (χ0) is 25.2. The number of carbonyl (C=O) groups excluding carboxylic acids is 3. The molecular formula is C26H23N5O3S2. The summed E-state index contributed by atoms with van der Waals surface area (Å²) in [5.74, 6) is -0.604. The number of nitrogens with zero attached hydrogens (tertiary/aromatic N) is 4. The molecule has 0 unspecified atom stereocenters. The van der Waals surface area contributed by atoms with Crippen LogP contribution in [0, 0.1) is 13.8 Å². The molecule has 0 radical (unpaired) electrons. The Bertz CT molecular complexity index is 1490. The predicted octanol–water partition coefficient (Wildman–Crippen LogP) is 4.62. The van der Waals surface area contributed by atoms with Gasteiger partial charge in [0, 0.05) is 30.9 Å². The van der Waals surface area contributed by atoms with Crippen molar-refractivity contribution in [1.29, 1.82) is 0 Å². The normalized spacial score (nSPS) is 14.8. The first-order chi connectivity index (χ1) is 17.4. The first-order valence-corrected chi connectivity index (χ1v) is 13.0. The van der Waals surface area contributed by atoms with E-state index in [9.17, 15) is 14.4 Å². The van der Waals surface area contributed by atoms with Gasteiger partial charge in [0.05, 0.1) is 22.0 Å². The molecule has 182 valence electrons. The molecule has 0 aliphatic carbocycles. The maximum atomic E-state index is 12.8. The zero-order valence-electron chi connectivity index (χ0n) is 19.7. The summed E-state index contributed by atoms with van der Waals surface area (Å²) in [7, 11) is 0. The van der Waals surface area contributed by atoms with Crippen molar-refractivity contribution in [2.45, 2.75) is 20.4 Å². The number of aromatic nitrogens is 3. The standard InChI is InChI=1S/C26H23N5O3S2/c1-16-5-7-18(8-6-16)15-31-25-20(17(2)29-31)13-21(35-25)23(32)28-10-11-30-24(33)22(36-26(30)34)12-19-4-3-9-27-14-19/h3-9,12-14H,10-11,15H2,1-2H3,(H,28,32)/b22-12-. The van der Waals surface area contributed by atoms with Crippen LogP contribution in [0.4, 0.5) is 4.79 Å². The number of rotatable bonds is 7. The molecule has 10 heteroatoms. The molecule has 4 heterocycles. The van der Waals surface area contributed by atoms with Crippen molar-refractivity contribution in [2.75, 3.05) is 13.1 Å². The number of pyridine rings is 1. The molecule has 4 aromatic rings. The van der Waals surface area contributed by atoms with E-state index in [0.29, 0.717) is 16.3 Å². The topological polar surface area (TPSA) is 97.2 Å². The van der Waals surface area contributed by atoms with Crippen LogP contribution in [0.1, 0.15) is 32.1 Å². The lowest BCUT2D eigenvalue weighted by Crippen LogP contribution is -2.37. The molecule has 3 amide bonds. The van der Waals surface area contributed by atoms with Gasteiger partial charge in [-0.2, -0.15) is 5.10 Å². The number of amides is 3. The number of hydrogen-bond donors (Lipinski definition) is 1. The van der Waals surface area contributed by atoms with Gasteiger partial charge in [0.15, 0.2) is 0 Å². The molecule has 1 aromatic carbocycles. The van der Waals surface area contributed by atoms with Crippen LogP contribution in [0.2, 0.25) is 0 Å². The lowest BCUT2D eigenvalue weighted by atomic mass is 10.1. The van der Waals surface area contributed by atoms with E-state index in [1.54, 1.807) is 24.5 Å². The van der Waals surface area contributed by atoms with E-state index in [4.69, 9.17) is 0 Å². The second-order valence-electron chi connectivity index (χ2n) is 8.43. The van der Waals surface area contributed by atoms with Gasteiger partial charge in [-0.25, -0.2) is 0 Å². The minimum atomic E-state index is -0.364. The molecule has 36 heavy (non-hydrogen) atoms. The molecule has 3 aromatic heterocycles. The van der Waals surface area contributed by atoms with E-state index in [1.165, 1.54) is 16.9 Å². The Morgan fingerprint density at radius 2 is 1.94 bits per heavy atom. The second kappa shape index (κ2) is 10.1. The van der Waals surface area contributed by atoms with Gasteiger partial charge in [-0.1, -0.05) is 35.9 Å². The zero-order valence-corrected chi connectivity index (χ0v) is 21.4. The number of imide groups is 1. The van der Waals surface area contributed by atoms with Gasteiger partial charge in [-0.3, -0.25) is 28.9 Å². The fourth-order valence-electron chi connectivity index (χ4n) is 3.87. The largest absolute Gasteiger partial charge is 0.350 e. The third-order valence-corrected chi connectivity index (χ3v) is 7.82. The van der Waals surface area contributed by atoms with Crippen LogP contribution in [0.5, 0.6) is 0 Å². The Kier molecular flexibility index (Phi) is 6.71. The minimum absolute atomic E-state index is 0.103. The summed E-state index contributed by atoms with van der Waals surface area (Å²) in [5, 5.41) is 8.07. The lowest BCUT2D eigenvalue weighted by molar-refractivity contribution is -0.122. The third kappa shape index (κ3) is 4.95. The molecule has 1 aliphatic heterocycles. The van der Waals surface area contributed by atoms with Crippen molar-refractivity contribution in [3.63, 3.8) is 0 Å². The van der Waals surface area contributed by atoms with Crippen LogP contribution in [0.3, 0.4) is 0 Å². The third-order valence-electron chi connectivity index (χ3n) is 5.76. The van der Waals surface area contributed by atoms with Gasteiger partial charge in [-0.15, -0.1) is 11.3 Å². The monoisotopic (exact) mass is 517 g/mol. The highest BCUT2D eigenvalue weighted by Crippen LogP contribution is 2.32. The Labute approximate surface area is 216 Å². The highest BCUT2D eigenvalue weighted by Gasteiger charge is 2.34. The number of benzene rings is 1. The first-order valence-electron chi connectivity index (χ1n) is 11.3. The Morgan fingerprint density at radius 1 is 1.14 bits per heavy atom. The van der Waals surface area contributed by atoms with E-state index in [0.717, 1.165) is 43.7 Å². The van der Waals surface area contributed by atoms with Crippen molar-refractivity contribution in [1.82, 2.24) is 25.0 Å². The highest BCUT2D eigenvalue weighted by molar-refractivity contribution is 8.18.